The van der Waals surface area contributed by atoms with Crippen molar-refractivity contribution in [2.75, 3.05) is 6.79 Å². The first-order valence-corrected chi connectivity index (χ1v) is 7.33. The van der Waals surface area contributed by atoms with Crippen molar-refractivity contribution in [3.63, 3.8) is 0 Å². The number of hydrogen-bond donors (Lipinski definition) is 1. The summed E-state index contributed by atoms with van der Waals surface area (Å²) >= 11 is 1.24. The molecule has 0 unspecified atom stereocenters. The van der Waals surface area contributed by atoms with Crippen molar-refractivity contribution >= 4 is 21.5 Å². The third kappa shape index (κ3) is 1.86. The SMILES string of the molecule is O=S(=O)(O)c1ccsc1-c1ccc2c(c1)OCO2. The first kappa shape index (κ1) is 11.5. The van der Waals surface area contributed by atoms with Crippen LogP contribution in [0.5, 0.6) is 11.5 Å². The Bertz CT molecular complexity index is 702. The molecule has 18 heavy (non-hydrogen) atoms. The molecule has 0 saturated heterocycles. The molecule has 0 amide bonds. The maximum absolute atomic E-state index is 11.2. The lowest BCUT2D eigenvalue weighted by Gasteiger charge is -2.03. The summed E-state index contributed by atoms with van der Waals surface area (Å²) in [5, 5.41) is 1.61. The Labute approximate surface area is 107 Å². The average molecular weight is 284 g/mol. The fourth-order valence-electron chi connectivity index (χ4n) is 1.75. The van der Waals surface area contributed by atoms with E-state index in [1.54, 1.807) is 23.6 Å². The molecule has 1 aromatic heterocycles. The largest absolute Gasteiger partial charge is 0.454 e. The van der Waals surface area contributed by atoms with Crippen LogP contribution in [0.2, 0.25) is 0 Å². The molecule has 1 aliphatic heterocycles. The molecular formula is C11H8O5S2. The Morgan fingerprint density at radius 3 is 2.72 bits per heavy atom. The number of hydrogen-bond acceptors (Lipinski definition) is 5. The highest BCUT2D eigenvalue weighted by Crippen LogP contribution is 2.39. The van der Waals surface area contributed by atoms with Crippen LogP contribution in [-0.2, 0) is 10.1 Å². The number of fused-ring (bicyclic) bond motifs is 1. The summed E-state index contributed by atoms with van der Waals surface area (Å²) in [6.07, 6.45) is 0. The summed E-state index contributed by atoms with van der Waals surface area (Å²) < 4.78 is 42.0. The van der Waals surface area contributed by atoms with Crippen molar-refractivity contribution in [1.29, 1.82) is 0 Å². The van der Waals surface area contributed by atoms with Crippen LogP contribution in [0.3, 0.4) is 0 Å². The van der Waals surface area contributed by atoms with Crippen molar-refractivity contribution in [1.82, 2.24) is 0 Å². The minimum absolute atomic E-state index is 0.0913. The number of thiophene rings is 1. The molecule has 1 aliphatic rings. The minimum atomic E-state index is -4.21. The maximum Gasteiger partial charge on any atom is 0.295 e. The van der Waals surface area contributed by atoms with Crippen molar-refractivity contribution in [3.8, 4) is 21.9 Å². The molecular weight excluding hydrogens is 276 g/mol. The van der Waals surface area contributed by atoms with Gasteiger partial charge in [0.1, 0.15) is 4.90 Å². The van der Waals surface area contributed by atoms with Crippen LogP contribution in [-0.4, -0.2) is 19.8 Å². The highest BCUT2D eigenvalue weighted by Gasteiger charge is 2.20. The molecule has 2 heterocycles. The monoisotopic (exact) mass is 284 g/mol. The van der Waals surface area contributed by atoms with Crippen LogP contribution in [0.1, 0.15) is 0 Å². The molecule has 3 rings (SSSR count). The molecule has 0 bridgehead atoms. The highest BCUT2D eigenvalue weighted by molar-refractivity contribution is 7.86. The molecule has 0 spiro atoms. The first-order valence-electron chi connectivity index (χ1n) is 5.01. The predicted molar refractivity (Wildman–Crippen MR) is 65.7 cm³/mol. The van der Waals surface area contributed by atoms with Crippen LogP contribution in [0.15, 0.2) is 34.5 Å². The van der Waals surface area contributed by atoms with Gasteiger partial charge in [0.25, 0.3) is 10.1 Å². The van der Waals surface area contributed by atoms with E-state index in [1.807, 2.05) is 0 Å². The van der Waals surface area contributed by atoms with Crippen LogP contribution in [0, 0.1) is 0 Å². The summed E-state index contributed by atoms with van der Waals surface area (Å²) in [5.41, 5.74) is 0.668. The zero-order valence-corrected chi connectivity index (χ0v) is 10.6. The molecule has 1 aromatic carbocycles. The summed E-state index contributed by atoms with van der Waals surface area (Å²) in [6.45, 7) is 0.161. The third-order valence-electron chi connectivity index (χ3n) is 2.54. The van der Waals surface area contributed by atoms with Gasteiger partial charge in [0, 0.05) is 0 Å². The van der Waals surface area contributed by atoms with Gasteiger partial charge in [-0.05, 0) is 35.2 Å². The van der Waals surface area contributed by atoms with E-state index < -0.39 is 10.1 Å². The van der Waals surface area contributed by atoms with Crippen LogP contribution < -0.4 is 9.47 Å². The smallest absolute Gasteiger partial charge is 0.295 e. The Kier molecular flexibility index (Phi) is 2.54. The van der Waals surface area contributed by atoms with Crippen molar-refractivity contribution in [2.24, 2.45) is 0 Å². The molecule has 5 nitrogen and oxygen atoms in total. The molecule has 0 radical (unpaired) electrons. The maximum atomic E-state index is 11.2. The van der Waals surface area contributed by atoms with Gasteiger partial charge in [-0.3, -0.25) is 4.55 Å². The molecule has 0 atom stereocenters. The van der Waals surface area contributed by atoms with Gasteiger partial charge in [-0.25, -0.2) is 0 Å². The van der Waals surface area contributed by atoms with Gasteiger partial charge in [-0.1, -0.05) is 0 Å². The van der Waals surface area contributed by atoms with Crippen molar-refractivity contribution < 1.29 is 22.4 Å². The van der Waals surface area contributed by atoms with Gasteiger partial charge in [0.15, 0.2) is 11.5 Å². The van der Waals surface area contributed by atoms with E-state index in [1.165, 1.54) is 17.4 Å². The van der Waals surface area contributed by atoms with E-state index in [0.717, 1.165) is 0 Å². The van der Waals surface area contributed by atoms with E-state index in [2.05, 4.69) is 0 Å². The number of ether oxygens (including phenoxy) is 2. The minimum Gasteiger partial charge on any atom is -0.454 e. The predicted octanol–water partition coefficient (Wildman–Crippen LogP) is 2.39. The van der Waals surface area contributed by atoms with E-state index in [4.69, 9.17) is 14.0 Å². The lowest BCUT2D eigenvalue weighted by molar-refractivity contribution is 0.174. The Balaban J connectivity index is 2.14. The quantitative estimate of drug-likeness (QED) is 0.857. The molecule has 94 valence electrons. The summed E-state index contributed by atoms with van der Waals surface area (Å²) in [4.78, 5) is 0.391. The van der Waals surface area contributed by atoms with Gasteiger partial charge in [0.2, 0.25) is 6.79 Å². The van der Waals surface area contributed by atoms with Crippen LogP contribution in [0.25, 0.3) is 10.4 Å². The molecule has 2 aromatic rings. The topological polar surface area (TPSA) is 72.8 Å². The van der Waals surface area contributed by atoms with Crippen LogP contribution >= 0.6 is 11.3 Å². The first-order chi connectivity index (χ1) is 8.55. The Hall–Kier alpha value is -1.57. The molecule has 0 aliphatic carbocycles. The van der Waals surface area contributed by atoms with Gasteiger partial charge in [-0.2, -0.15) is 8.42 Å². The van der Waals surface area contributed by atoms with Gasteiger partial charge < -0.3 is 9.47 Å². The van der Waals surface area contributed by atoms with Gasteiger partial charge >= 0.3 is 0 Å². The van der Waals surface area contributed by atoms with E-state index in [-0.39, 0.29) is 11.7 Å². The summed E-state index contributed by atoms with van der Waals surface area (Å²) in [6, 6.07) is 6.52. The highest BCUT2D eigenvalue weighted by atomic mass is 32.2. The Morgan fingerprint density at radius 1 is 1.17 bits per heavy atom. The van der Waals surface area contributed by atoms with E-state index in [9.17, 15) is 8.42 Å². The van der Waals surface area contributed by atoms with Gasteiger partial charge in [0.05, 0.1) is 4.88 Å². The second kappa shape index (κ2) is 3.98. The van der Waals surface area contributed by atoms with E-state index >= 15 is 0 Å². The number of rotatable bonds is 2. The molecule has 1 N–H and O–H groups in total. The standard InChI is InChI=1S/C11H8O5S2/c12-18(13,14)10-3-4-17-11(10)7-1-2-8-9(5-7)16-6-15-8/h1-5H,6H2,(H,12,13,14). The fraction of sp³-hybridized carbons (Fsp3) is 0.0909. The summed E-state index contributed by atoms with van der Waals surface area (Å²) in [7, 11) is -4.21. The lowest BCUT2D eigenvalue weighted by Crippen LogP contribution is -1.97. The average Bonchev–Trinajstić information content (AvgIpc) is 2.96. The Morgan fingerprint density at radius 2 is 1.94 bits per heavy atom. The van der Waals surface area contributed by atoms with Crippen molar-refractivity contribution in [2.45, 2.75) is 4.90 Å². The second-order valence-electron chi connectivity index (χ2n) is 3.66. The molecule has 7 heteroatoms. The van der Waals surface area contributed by atoms with Crippen molar-refractivity contribution in [3.05, 3.63) is 29.6 Å². The number of benzene rings is 1. The third-order valence-corrected chi connectivity index (χ3v) is 4.53. The normalized spacial score (nSPS) is 13.8. The van der Waals surface area contributed by atoms with Gasteiger partial charge in [-0.15, -0.1) is 11.3 Å². The van der Waals surface area contributed by atoms with Crippen LogP contribution in [0.4, 0.5) is 0 Å². The fourth-order valence-corrected chi connectivity index (χ4v) is 3.67. The second-order valence-corrected chi connectivity index (χ2v) is 5.96. The van der Waals surface area contributed by atoms with E-state index in [0.29, 0.717) is 21.9 Å². The molecule has 0 fully saturated rings. The summed E-state index contributed by atoms with van der Waals surface area (Å²) in [5.74, 6) is 1.20. The molecule has 0 saturated carbocycles. The lowest BCUT2D eigenvalue weighted by atomic mass is 10.1. The zero-order valence-electron chi connectivity index (χ0n) is 8.99. The zero-order chi connectivity index (χ0) is 12.8.